The molecule has 5 rings (SSSR count). The van der Waals surface area contributed by atoms with Crippen molar-refractivity contribution in [1.82, 2.24) is 5.01 Å². The fraction of sp³-hybridized carbons (Fsp3) is 0.190. The highest BCUT2D eigenvalue weighted by Crippen LogP contribution is 2.51. The van der Waals surface area contributed by atoms with Crippen molar-refractivity contribution in [3.8, 4) is 11.5 Å². The Kier molecular flexibility index (Phi) is 4.12. The Balaban J connectivity index is 1.66. The van der Waals surface area contributed by atoms with Crippen LogP contribution in [0.5, 0.6) is 11.5 Å². The highest BCUT2D eigenvalue weighted by molar-refractivity contribution is 9.10. The Morgan fingerprint density at radius 1 is 1.21 bits per heavy atom. The van der Waals surface area contributed by atoms with E-state index in [9.17, 15) is 4.39 Å². The third-order valence-corrected chi connectivity index (χ3v) is 5.44. The summed E-state index contributed by atoms with van der Waals surface area (Å²) in [5.74, 6) is 1.67. The summed E-state index contributed by atoms with van der Waals surface area (Å²) in [7, 11) is 1.61. The molecule has 28 heavy (non-hydrogen) atoms. The van der Waals surface area contributed by atoms with Crippen LogP contribution in [0.4, 0.5) is 4.39 Å². The molecule has 0 N–H and O–H groups in total. The second-order valence-electron chi connectivity index (χ2n) is 6.68. The van der Waals surface area contributed by atoms with Gasteiger partial charge in [0.05, 0.1) is 19.4 Å². The smallest absolute Gasteiger partial charge is 0.214 e. The first kappa shape index (κ1) is 17.3. The zero-order chi connectivity index (χ0) is 19.3. The van der Waals surface area contributed by atoms with Gasteiger partial charge in [0.2, 0.25) is 6.23 Å². The third kappa shape index (κ3) is 2.77. The van der Waals surface area contributed by atoms with Crippen LogP contribution in [0.3, 0.4) is 0 Å². The predicted octanol–water partition coefficient (Wildman–Crippen LogP) is 5.43. The lowest BCUT2D eigenvalue weighted by atomic mass is 9.97. The van der Waals surface area contributed by atoms with Crippen LogP contribution >= 0.6 is 15.9 Å². The van der Waals surface area contributed by atoms with Gasteiger partial charge in [-0.15, -0.1) is 0 Å². The van der Waals surface area contributed by atoms with E-state index in [1.54, 1.807) is 19.4 Å². The zero-order valence-corrected chi connectivity index (χ0v) is 16.5. The maximum Gasteiger partial charge on any atom is 0.214 e. The van der Waals surface area contributed by atoms with Gasteiger partial charge in [-0.05, 0) is 36.4 Å². The Morgan fingerprint density at radius 3 is 2.86 bits per heavy atom. The van der Waals surface area contributed by atoms with Gasteiger partial charge in [0.1, 0.15) is 17.3 Å². The number of hydrogen-bond donors (Lipinski definition) is 0. The number of rotatable bonds is 3. The van der Waals surface area contributed by atoms with E-state index in [1.807, 2.05) is 35.3 Å². The Labute approximate surface area is 169 Å². The molecule has 0 fully saturated rings. The van der Waals surface area contributed by atoms with Gasteiger partial charge >= 0.3 is 0 Å². The standard InChI is InChI=1S/C21H16BrFN2O3/c1-26-19-10-13(22)9-15-17-11-16(18-6-3-7-27-18)24-25(17)21(28-20(15)19)12-4-2-5-14(23)8-12/h2-10,17,21H,11H2,1H3/t17-,21+/m0/s1. The van der Waals surface area contributed by atoms with E-state index in [0.717, 1.165) is 21.5 Å². The van der Waals surface area contributed by atoms with Gasteiger partial charge in [0.15, 0.2) is 11.5 Å². The lowest BCUT2D eigenvalue weighted by Crippen LogP contribution is -2.34. The highest BCUT2D eigenvalue weighted by atomic mass is 79.9. The van der Waals surface area contributed by atoms with E-state index in [4.69, 9.17) is 19.0 Å². The van der Waals surface area contributed by atoms with Crippen LogP contribution in [0, 0.1) is 5.82 Å². The second kappa shape index (κ2) is 6.67. The number of fused-ring (bicyclic) bond motifs is 3. The first-order chi connectivity index (χ1) is 13.6. The van der Waals surface area contributed by atoms with Crippen molar-refractivity contribution >= 4 is 21.6 Å². The van der Waals surface area contributed by atoms with E-state index in [1.165, 1.54) is 12.1 Å². The minimum Gasteiger partial charge on any atom is -0.493 e. The number of halogens is 2. The summed E-state index contributed by atoms with van der Waals surface area (Å²) in [6.45, 7) is 0. The van der Waals surface area contributed by atoms with Gasteiger partial charge in [-0.2, -0.15) is 5.10 Å². The summed E-state index contributed by atoms with van der Waals surface area (Å²) in [6, 6.07) is 13.9. The SMILES string of the molecule is COc1cc(Br)cc2c1O[C@H](c1cccc(F)c1)N1N=C(c3ccco3)C[C@@H]21. The molecule has 0 radical (unpaired) electrons. The van der Waals surface area contributed by atoms with Crippen molar-refractivity contribution in [1.29, 1.82) is 0 Å². The van der Waals surface area contributed by atoms with E-state index < -0.39 is 6.23 Å². The molecule has 0 saturated carbocycles. The van der Waals surface area contributed by atoms with Gasteiger partial charge in [-0.25, -0.2) is 9.40 Å². The summed E-state index contributed by atoms with van der Waals surface area (Å²) in [5, 5.41) is 6.65. The number of nitrogens with zero attached hydrogens (tertiary/aromatic N) is 2. The Bertz CT molecular complexity index is 1070. The van der Waals surface area contributed by atoms with Crippen LogP contribution < -0.4 is 9.47 Å². The van der Waals surface area contributed by atoms with Crippen molar-refractivity contribution in [3.63, 3.8) is 0 Å². The number of ether oxygens (including phenoxy) is 2. The third-order valence-electron chi connectivity index (χ3n) is 4.98. The molecule has 1 aromatic heterocycles. The van der Waals surface area contributed by atoms with E-state index in [2.05, 4.69) is 15.9 Å². The fourth-order valence-electron chi connectivity index (χ4n) is 3.75. The maximum atomic E-state index is 13.9. The molecule has 2 aliphatic heterocycles. The molecule has 3 heterocycles. The average Bonchev–Trinajstić information content (AvgIpc) is 3.36. The summed E-state index contributed by atoms with van der Waals surface area (Å²) >= 11 is 3.54. The molecule has 0 unspecified atom stereocenters. The molecular formula is C21H16BrFN2O3. The molecule has 7 heteroatoms. The van der Waals surface area contributed by atoms with E-state index in [-0.39, 0.29) is 11.9 Å². The first-order valence-corrected chi connectivity index (χ1v) is 9.62. The molecule has 142 valence electrons. The van der Waals surface area contributed by atoms with E-state index in [0.29, 0.717) is 23.5 Å². The number of furan rings is 1. The Morgan fingerprint density at radius 2 is 2.11 bits per heavy atom. The minimum atomic E-state index is -0.573. The van der Waals surface area contributed by atoms with Crippen LogP contribution in [-0.2, 0) is 0 Å². The number of methoxy groups -OCH3 is 1. The lowest BCUT2D eigenvalue weighted by Gasteiger charge is -2.38. The van der Waals surface area contributed by atoms with Crippen molar-refractivity contribution in [3.05, 3.63) is 82.0 Å². The zero-order valence-electron chi connectivity index (χ0n) is 14.9. The highest BCUT2D eigenvalue weighted by Gasteiger charge is 2.43. The Hall–Kier alpha value is -2.80. The number of benzene rings is 2. The predicted molar refractivity (Wildman–Crippen MR) is 105 cm³/mol. The van der Waals surface area contributed by atoms with Gasteiger partial charge in [0, 0.05) is 22.0 Å². The number of hydrogen-bond acceptors (Lipinski definition) is 5. The molecule has 0 saturated heterocycles. The second-order valence-corrected chi connectivity index (χ2v) is 7.59. The minimum absolute atomic E-state index is 0.0801. The van der Waals surface area contributed by atoms with Crippen LogP contribution in [0.15, 0.2) is 68.8 Å². The van der Waals surface area contributed by atoms with Crippen molar-refractivity contribution in [2.24, 2.45) is 5.10 Å². The van der Waals surface area contributed by atoms with Crippen molar-refractivity contribution in [2.45, 2.75) is 18.7 Å². The topological polar surface area (TPSA) is 47.2 Å². The maximum absolute atomic E-state index is 13.9. The molecule has 0 bridgehead atoms. The molecule has 3 aromatic rings. The van der Waals surface area contributed by atoms with Gasteiger partial charge in [0.25, 0.3) is 0 Å². The lowest BCUT2D eigenvalue weighted by molar-refractivity contribution is -0.0211. The monoisotopic (exact) mass is 442 g/mol. The summed E-state index contributed by atoms with van der Waals surface area (Å²) < 4.78 is 32.2. The van der Waals surface area contributed by atoms with Crippen LogP contribution in [0.1, 0.15) is 35.6 Å². The van der Waals surface area contributed by atoms with Gasteiger partial charge in [-0.1, -0.05) is 28.1 Å². The van der Waals surface area contributed by atoms with Crippen molar-refractivity contribution in [2.75, 3.05) is 7.11 Å². The van der Waals surface area contributed by atoms with E-state index >= 15 is 0 Å². The van der Waals surface area contributed by atoms with Crippen molar-refractivity contribution < 1.29 is 18.3 Å². The van der Waals surface area contributed by atoms with Crippen LogP contribution in [0.25, 0.3) is 0 Å². The molecular weight excluding hydrogens is 427 g/mol. The summed E-state index contributed by atoms with van der Waals surface area (Å²) in [6.07, 6.45) is 1.70. The molecule has 0 spiro atoms. The quantitative estimate of drug-likeness (QED) is 0.542. The molecule has 0 aliphatic carbocycles. The van der Waals surface area contributed by atoms with Gasteiger partial charge < -0.3 is 13.9 Å². The van der Waals surface area contributed by atoms with Gasteiger partial charge in [-0.3, -0.25) is 0 Å². The van der Waals surface area contributed by atoms with Crippen LogP contribution in [0.2, 0.25) is 0 Å². The molecule has 5 nitrogen and oxygen atoms in total. The summed E-state index contributed by atoms with van der Waals surface area (Å²) in [4.78, 5) is 0. The molecule has 2 aliphatic rings. The summed E-state index contributed by atoms with van der Waals surface area (Å²) in [5.41, 5.74) is 2.47. The molecule has 2 atom stereocenters. The largest absolute Gasteiger partial charge is 0.493 e. The first-order valence-electron chi connectivity index (χ1n) is 8.83. The fourth-order valence-corrected chi connectivity index (χ4v) is 4.20. The van der Waals surface area contributed by atoms with Crippen LogP contribution in [-0.4, -0.2) is 17.8 Å². The molecule has 0 amide bonds. The molecule has 2 aromatic carbocycles. The normalized spacial score (nSPS) is 20.2. The number of hydrazone groups is 1. The average molecular weight is 443 g/mol.